The zero-order valence-corrected chi connectivity index (χ0v) is 9.92. The molecule has 0 aromatic heterocycles. The number of nitrogens with zero attached hydrogens (tertiary/aromatic N) is 2. The number of nitrogens with one attached hydrogen (secondary N) is 1. The molecule has 1 aliphatic rings. The Morgan fingerprint density at radius 1 is 1.28 bits per heavy atom. The van der Waals surface area contributed by atoms with Crippen molar-refractivity contribution in [3.8, 4) is 0 Å². The molecule has 0 radical (unpaired) electrons. The van der Waals surface area contributed by atoms with E-state index >= 15 is 0 Å². The first kappa shape index (κ1) is 12.4. The Bertz CT molecular complexity index is 620. The van der Waals surface area contributed by atoms with Crippen LogP contribution in [0.15, 0.2) is 40.3 Å². The Balaban J connectivity index is 2.34. The van der Waals surface area contributed by atoms with E-state index in [1.54, 1.807) is 6.08 Å². The van der Waals surface area contributed by atoms with Gasteiger partial charge in [-0.3, -0.25) is 9.98 Å². The van der Waals surface area contributed by atoms with Crippen molar-refractivity contribution in [3.05, 3.63) is 35.9 Å². The van der Waals surface area contributed by atoms with Crippen LogP contribution in [0.1, 0.15) is 5.56 Å². The van der Waals surface area contributed by atoms with Gasteiger partial charge in [-0.15, -0.1) is 10.3 Å². The van der Waals surface area contributed by atoms with Crippen LogP contribution >= 0.6 is 0 Å². The zero-order chi connectivity index (χ0) is 13.3. The number of hydrogen-bond acceptors (Lipinski definition) is 7. The van der Waals surface area contributed by atoms with Gasteiger partial charge in [0.25, 0.3) is 10.1 Å². The van der Waals surface area contributed by atoms with E-state index < -0.39 is 10.1 Å². The summed E-state index contributed by atoms with van der Waals surface area (Å²) in [4.78, 5) is -0.186. The lowest BCUT2D eigenvalue weighted by molar-refractivity contribution is 0.245. The van der Waals surface area contributed by atoms with Gasteiger partial charge in [-0.2, -0.15) is 8.42 Å². The maximum absolute atomic E-state index is 10.9. The first-order valence-electron chi connectivity index (χ1n) is 4.81. The highest BCUT2D eigenvalue weighted by Crippen LogP contribution is 2.17. The van der Waals surface area contributed by atoms with E-state index in [0.717, 1.165) is 5.23 Å². The molecule has 0 spiro atoms. The summed E-state index contributed by atoms with van der Waals surface area (Å²) in [5.41, 5.74) is 9.45. The second-order valence-electron chi connectivity index (χ2n) is 3.54. The van der Waals surface area contributed by atoms with Gasteiger partial charge in [0.2, 0.25) is 0 Å². The van der Waals surface area contributed by atoms with Crippen molar-refractivity contribution in [2.24, 2.45) is 16.7 Å². The number of rotatable bonds is 2. The summed E-state index contributed by atoms with van der Waals surface area (Å²) >= 11 is 0. The third kappa shape index (κ3) is 2.59. The van der Waals surface area contributed by atoms with E-state index in [1.165, 1.54) is 24.3 Å². The van der Waals surface area contributed by atoms with Crippen molar-refractivity contribution in [2.75, 3.05) is 0 Å². The molecule has 0 aliphatic carbocycles. The molecule has 1 aromatic rings. The molecule has 18 heavy (non-hydrogen) atoms. The molecule has 9 heteroatoms. The summed E-state index contributed by atoms with van der Waals surface area (Å²) in [6.45, 7) is 0. The van der Waals surface area contributed by atoms with E-state index in [-0.39, 0.29) is 10.7 Å². The van der Waals surface area contributed by atoms with Gasteiger partial charge < -0.3 is 5.73 Å². The maximum Gasteiger partial charge on any atom is 0.294 e. The van der Waals surface area contributed by atoms with Crippen LogP contribution in [0.2, 0.25) is 0 Å². The van der Waals surface area contributed by atoms with Gasteiger partial charge in [0.05, 0.1) is 10.6 Å². The highest BCUT2D eigenvalue weighted by atomic mass is 32.2. The molecule has 0 atom stereocenters. The first-order valence-corrected chi connectivity index (χ1v) is 6.25. The Morgan fingerprint density at radius 3 is 2.39 bits per heavy atom. The van der Waals surface area contributed by atoms with E-state index in [0.29, 0.717) is 11.3 Å². The third-order valence-corrected chi connectivity index (χ3v) is 3.08. The van der Waals surface area contributed by atoms with Gasteiger partial charge in [-0.05, 0) is 17.7 Å². The van der Waals surface area contributed by atoms with Crippen molar-refractivity contribution in [1.29, 1.82) is 0 Å². The fourth-order valence-corrected chi connectivity index (χ4v) is 1.92. The number of benzene rings is 1. The monoisotopic (exact) mass is 269 g/mol. The topological polar surface area (TPSA) is 134 Å². The summed E-state index contributed by atoms with van der Waals surface area (Å²) in [5, 5.41) is 4.64. The van der Waals surface area contributed by atoms with Gasteiger partial charge in [0.15, 0.2) is 0 Å². The summed E-state index contributed by atoms with van der Waals surface area (Å²) in [6, 6.07) is 5.56. The van der Waals surface area contributed by atoms with Gasteiger partial charge >= 0.3 is 0 Å². The van der Waals surface area contributed by atoms with E-state index in [2.05, 4.69) is 10.5 Å². The number of hydrogen-bond donors (Lipinski definition) is 4. The predicted molar refractivity (Wildman–Crippen MR) is 65.0 cm³/mol. The second kappa shape index (κ2) is 4.29. The lowest BCUT2D eigenvalue weighted by atomic mass is 10.1. The van der Waals surface area contributed by atoms with Crippen LogP contribution in [0.3, 0.4) is 0 Å². The van der Waals surface area contributed by atoms with Crippen molar-refractivity contribution < 1.29 is 13.0 Å². The Morgan fingerprint density at radius 2 is 1.89 bits per heavy atom. The summed E-state index contributed by atoms with van der Waals surface area (Å²) in [6.07, 6.45) is 1.55. The Hall–Kier alpha value is -2.10. The zero-order valence-electron chi connectivity index (χ0n) is 9.11. The summed E-state index contributed by atoms with van der Waals surface area (Å²) in [5.74, 6) is 5.64. The Kier molecular flexibility index (Phi) is 2.95. The van der Waals surface area contributed by atoms with Gasteiger partial charge in [-0.25, -0.2) is 5.84 Å². The molecule has 0 saturated carbocycles. The highest BCUT2D eigenvalue weighted by Gasteiger charge is 2.12. The van der Waals surface area contributed by atoms with E-state index in [1.807, 2.05) is 0 Å². The van der Waals surface area contributed by atoms with Crippen LogP contribution in [-0.4, -0.2) is 24.0 Å². The molecule has 8 nitrogen and oxygen atoms in total. The molecule has 2 rings (SSSR count). The average Bonchev–Trinajstić information content (AvgIpc) is 2.27. The van der Waals surface area contributed by atoms with Crippen LogP contribution in [0.5, 0.6) is 0 Å². The fourth-order valence-electron chi connectivity index (χ4n) is 1.44. The van der Waals surface area contributed by atoms with Crippen LogP contribution < -0.4 is 17.0 Å². The molecule has 0 fully saturated rings. The van der Waals surface area contributed by atoms with Crippen molar-refractivity contribution >= 4 is 21.7 Å². The normalized spacial score (nSPS) is 15.8. The summed E-state index contributed by atoms with van der Waals surface area (Å²) in [7, 11) is -4.20. The van der Waals surface area contributed by atoms with Crippen molar-refractivity contribution in [2.45, 2.75) is 4.90 Å². The maximum atomic E-state index is 10.9. The van der Waals surface area contributed by atoms with Crippen LogP contribution in [-0.2, 0) is 10.1 Å². The molecular weight excluding hydrogens is 258 g/mol. The molecule has 1 heterocycles. The minimum Gasteiger partial charge on any atom is -0.382 e. The van der Waals surface area contributed by atoms with E-state index in [9.17, 15) is 8.42 Å². The highest BCUT2D eigenvalue weighted by molar-refractivity contribution is 7.85. The molecule has 6 N–H and O–H groups in total. The average molecular weight is 269 g/mol. The molecule has 96 valence electrons. The lowest BCUT2D eigenvalue weighted by Gasteiger charge is -2.21. The van der Waals surface area contributed by atoms with Gasteiger partial charge in [-0.1, -0.05) is 12.1 Å². The smallest absolute Gasteiger partial charge is 0.294 e. The molecule has 0 unspecified atom stereocenters. The standard InChI is InChI=1S/C9H11N5O3S/c10-9-5-8(12-14(11)13-9)6-1-3-7(4-2-6)18(15,16)17/h1-5,12H,11H2,(H2,10,13)(H,15,16,17). The minimum atomic E-state index is -4.20. The Labute approximate surface area is 103 Å². The second-order valence-corrected chi connectivity index (χ2v) is 4.96. The van der Waals surface area contributed by atoms with Crippen molar-refractivity contribution in [3.63, 3.8) is 0 Å². The van der Waals surface area contributed by atoms with Crippen LogP contribution in [0.4, 0.5) is 0 Å². The fraction of sp³-hybridized carbons (Fsp3) is 0. The van der Waals surface area contributed by atoms with Gasteiger partial charge in [0.1, 0.15) is 5.84 Å². The van der Waals surface area contributed by atoms with Crippen LogP contribution in [0.25, 0.3) is 5.70 Å². The predicted octanol–water partition coefficient (Wildman–Crippen LogP) is -0.760. The van der Waals surface area contributed by atoms with E-state index in [4.69, 9.17) is 16.1 Å². The number of amidine groups is 1. The SMILES string of the molecule is NC1=NN(N)NC(c2ccc(S(=O)(=O)O)cc2)=C1. The van der Waals surface area contributed by atoms with Crippen LogP contribution in [0, 0.1) is 0 Å². The lowest BCUT2D eigenvalue weighted by Crippen LogP contribution is -2.42. The molecule has 1 aliphatic heterocycles. The largest absolute Gasteiger partial charge is 0.382 e. The molecule has 1 aromatic carbocycles. The number of hydrazone groups is 1. The minimum absolute atomic E-state index is 0.186. The molecule has 0 amide bonds. The number of nitrogens with two attached hydrogens (primary N) is 2. The number of hydrazine groups is 2. The summed E-state index contributed by atoms with van der Waals surface area (Å²) < 4.78 is 30.6. The molecule has 0 bridgehead atoms. The third-order valence-electron chi connectivity index (χ3n) is 2.21. The van der Waals surface area contributed by atoms with Gasteiger partial charge in [0, 0.05) is 6.08 Å². The quantitative estimate of drug-likeness (QED) is 0.409. The van der Waals surface area contributed by atoms with Crippen molar-refractivity contribution in [1.82, 2.24) is 10.7 Å². The molecule has 0 saturated heterocycles. The molecular formula is C9H11N5O3S. The first-order chi connectivity index (χ1) is 8.36.